The van der Waals surface area contributed by atoms with E-state index in [1.54, 1.807) is 6.92 Å². The van der Waals surface area contributed by atoms with E-state index >= 15 is 0 Å². The molecule has 6 heteroatoms. The van der Waals surface area contributed by atoms with Crippen LogP contribution in [0.15, 0.2) is 0 Å². The first-order valence-corrected chi connectivity index (χ1v) is 4.23. The summed E-state index contributed by atoms with van der Waals surface area (Å²) >= 11 is -2.05. The summed E-state index contributed by atoms with van der Waals surface area (Å²) in [5.41, 5.74) is 0. The van der Waals surface area contributed by atoms with E-state index in [1.165, 1.54) is 0 Å². The minimum absolute atomic E-state index is 0. The number of hydrogen-bond acceptors (Lipinski definition) is 3. The molecule has 0 spiro atoms. The fourth-order valence-electron chi connectivity index (χ4n) is 0.399. The second-order valence-electron chi connectivity index (χ2n) is 1.71. The molecule has 0 bridgehead atoms. The molecule has 0 saturated carbocycles. The standard InChI is InChI=1S/C5H11NO3S.Na/c1-2-5(7)6-3-4-10(8)9;/h2-4H2,1H3,(H,6,7)(H,8,9);/q;+1/p-1. The molecule has 0 radical (unpaired) electrons. The Labute approximate surface area is 90.7 Å². The Hall–Kier alpha value is 0.580. The Morgan fingerprint density at radius 1 is 1.64 bits per heavy atom. The Balaban J connectivity index is 0. The quantitative estimate of drug-likeness (QED) is 0.365. The van der Waals surface area contributed by atoms with E-state index in [0.29, 0.717) is 6.42 Å². The third kappa shape index (κ3) is 10.6. The van der Waals surface area contributed by atoms with Crippen molar-refractivity contribution in [1.82, 2.24) is 5.32 Å². The van der Waals surface area contributed by atoms with E-state index in [9.17, 15) is 13.6 Å². The Kier molecular flexibility index (Phi) is 11.1. The largest absolute Gasteiger partial charge is 1.00 e. The van der Waals surface area contributed by atoms with E-state index in [4.69, 9.17) is 0 Å². The first kappa shape index (κ1) is 14.1. The third-order valence-electron chi connectivity index (χ3n) is 0.912. The Bertz CT molecular complexity index is 142. The minimum Gasteiger partial charge on any atom is -0.772 e. The predicted molar refractivity (Wildman–Crippen MR) is 37.1 cm³/mol. The molecule has 0 aliphatic rings. The van der Waals surface area contributed by atoms with Gasteiger partial charge in [-0.2, -0.15) is 0 Å². The first-order chi connectivity index (χ1) is 4.66. The number of rotatable bonds is 4. The molecule has 0 heterocycles. The number of amides is 1. The molecular formula is C5H10NNaO3S. The van der Waals surface area contributed by atoms with Crippen LogP contribution in [0.25, 0.3) is 0 Å². The van der Waals surface area contributed by atoms with Crippen molar-refractivity contribution in [3.8, 4) is 0 Å². The van der Waals surface area contributed by atoms with E-state index in [0.717, 1.165) is 0 Å². The van der Waals surface area contributed by atoms with Crippen LogP contribution in [0.3, 0.4) is 0 Å². The van der Waals surface area contributed by atoms with Gasteiger partial charge in [0.2, 0.25) is 5.91 Å². The van der Waals surface area contributed by atoms with Gasteiger partial charge in [0.1, 0.15) is 0 Å². The molecule has 1 N–H and O–H groups in total. The summed E-state index contributed by atoms with van der Waals surface area (Å²) in [4.78, 5) is 10.5. The molecular weight excluding hydrogens is 177 g/mol. The Morgan fingerprint density at radius 2 is 2.18 bits per heavy atom. The van der Waals surface area contributed by atoms with Crippen LogP contribution in [-0.4, -0.2) is 27.0 Å². The molecule has 0 saturated heterocycles. The molecule has 60 valence electrons. The molecule has 1 atom stereocenters. The van der Waals surface area contributed by atoms with Crippen LogP contribution in [0.4, 0.5) is 0 Å². The molecule has 0 rings (SSSR count). The summed E-state index contributed by atoms with van der Waals surface area (Å²) in [5.74, 6) is -0.128. The zero-order valence-corrected chi connectivity index (χ0v) is 9.57. The summed E-state index contributed by atoms with van der Waals surface area (Å²) in [6.07, 6.45) is 0.394. The number of hydrogen-bond donors (Lipinski definition) is 1. The van der Waals surface area contributed by atoms with Crippen LogP contribution < -0.4 is 34.9 Å². The first-order valence-electron chi connectivity index (χ1n) is 2.99. The zero-order chi connectivity index (χ0) is 7.98. The maximum absolute atomic E-state index is 10.5. The van der Waals surface area contributed by atoms with Crippen LogP contribution in [0.1, 0.15) is 13.3 Å². The van der Waals surface area contributed by atoms with Crippen LogP contribution in [-0.2, 0) is 15.9 Å². The number of carbonyl (C=O) groups excluding carboxylic acids is 1. The van der Waals surface area contributed by atoms with E-state index in [1.807, 2.05) is 0 Å². The molecule has 0 aromatic rings. The van der Waals surface area contributed by atoms with E-state index in [2.05, 4.69) is 5.32 Å². The SMILES string of the molecule is CCC(=O)NCCS(=O)[O-].[Na+]. The molecule has 0 aromatic heterocycles. The number of carbonyl (C=O) groups is 1. The van der Waals surface area contributed by atoms with Crippen molar-refractivity contribution in [3.63, 3.8) is 0 Å². The molecule has 0 aliphatic heterocycles. The van der Waals surface area contributed by atoms with Gasteiger partial charge in [-0.25, -0.2) is 0 Å². The second-order valence-corrected chi connectivity index (χ2v) is 2.73. The van der Waals surface area contributed by atoms with E-state index in [-0.39, 0.29) is 47.8 Å². The van der Waals surface area contributed by atoms with Gasteiger partial charge in [0, 0.05) is 18.7 Å². The fourth-order valence-corrected chi connectivity index (χ4v) is 0.668. The van der Waals surface area contributed by atoms with Gasteiger partial charge in [0.05, 0.1) is 0 Å². The maximum Gasteiger partial charge on any atom is 1.00 e. The molecule has 11 heavy (non-hydrogen) atoms. The van der Waals surface area contributed by atoms with Crippen molar-refractivity contribution < 1.29 is 43.1 Å². The van der Waals surface area contributed by atoms with Crippen molar-refractivity contribution in [2.75, 3.05) is 12.3 Å². The van der Waals surface area contributed by atoms with Gasteiger partial charge in [0.25, 0.3) is 0 Å². The maximum atomic E-state index is 10.5. The zero-order valence-electron chi connectivity index (χ0n) is 6.75. The van der Waals surface area contributed by atoms with Crippen molar-refractivity contribution >= 4 is 17.0 Å². The van der Waals surface area contributed by atoms with Crippen molar-refractivity contribution in [3.05, 3.63) is 0 Å². The smallest absolute Gasteiger partial charge is 0.772 e. The number of nitrogens with one attached hydrogen (secondary N) is 1. The van der Waals surface area contributed by atoms with E-state index < -0.39 is 11.1 Å². The van der Waals surface area contributed by atoms with Gasteiger partial charge in [-0.15, -0.1) is 0 Å². The van der Waals surface area contributed by atoms with Gasteiger partial charge in [-0.3, -0.25) is 9.00 Å². The van der Waals surface area contributed by atoms with Crippen molar-refractivity contribution in [2.24, 2.45) is 0 Å². The predicted octanol–water partition coefficient (Wildman–Crippen LogP) is -3.60. The summed E-state index contributed by atoms with van der Waals surface area (Å²) in [5, 5.41) is 2.43. The van der Waals surface area contributed by atoms with Gasteiger partial charge in [0.15, 0.2) is 0 Å². The molecule has 1 unspecified atom stereocenters. The van der Waals surface area contributed by atoms with Gasteiger partial charge >= 0.3 is 29.6 Å². The van der Waals surface area contributed by atoms with Crippen LogP contribution in [0.5, 0.6) is 0 Å². The average molecular weight is 187 g/mol. The molecule has 4 nitrogen and oxygen atoms in total. The van der Waals surface area contributed by atoms with Crippen LogP contribution in [0.2, 0.25) is 0 Å². The molecule has 0 aliphatic carbocycles. The van der Waals surface area contributed by atoms with Gasteiger partial charge in [-0.1, -0.05) is 18.0 Å². The summed E-state index contributed by atoms with van der Waals surface area (Å²) in [6.45, 7) is 1.92. The monoisotopic (exact) mass is 187 g/mol. The summed E-state index contributed by atoms with van der Waals surface area (Å²) in [6, 6.07) is 0. The molecule has 0 fully saturated rings. The normalized spacial score (nSPS) is 11.5. The minimum atomic E-state index is -2.05. The average Bonchev–Trinajstić information content (AvgIpc) is 1.87. The molecule has 0 aromatic carbocycles. The van der Waals surface area contributed by atoms with Gasteiger partial charge < -0.3 is 9.87 Å². The van der Waals surface area contributed by atoms with Crippen molar-refractivity contribution in [1.29, 1.82) is 0 Å². The van der Waals surface area contributed by atoms with Crippen LogP contribution in [0, 0.1) is 0 Å². The summed E-state index contributed by atoms with van der Waals surface area (Å²) < 4.78 is 19.8. The van der Waals surface area contributed by atoms with Crippen molar-refractivity contribution in [2.45, 2.75) is 13.3 Å². The third-order valence-corrected chi connectivity index (χ3v) is 1.45. The molecule has 1 amide bonds. The summed E-state index contributed by atoms with van der Waals surface area (Å²) in [7, 11) is 0. The van der Waals surface area contributed by atoms with Gasteiger partial charge in [-0.05, 0) is 0 Å². The topological polar surface area (TPSA) is 69.2 Å². The second kappa shape index (κ2) is 8.67. The fraction of sp³-hybridized carbons (Fsp3) is 0.800. The Morgan fingerprint density at radius 3 is 2.55 bits per heavy atom. The van der Waals surface area contributed by atoms with Crippen LogP contribution >= 0.6 is 0 Å².